The smallest absolute Gasteiger partial charge is 0.410 e. The van der Waals surface area contributed by atoms with Gasteiger partial charge in [-0.15, -0.1) is 0 Å². The average Bonchev–Trinajstić information content (AvgIpc) is 3.06. The van der Waals surface area contributed by atoms with Crippen molar-refractivity contribution in [1.82, 2.24) is 10.2 Å². The van der Waals surface area contributed by atoms with E-state index < -0.39 is 5.60 Å². The van der Waals surface area contributed by atoms with Crippen LogP contribution in [-0.2, 0) is 16.1 Å². The molecule has 0 radical (unpaired) electrons. The van der Waals surface area contributed by atoms with Gasteiger partial charge in [0.05, 0.1) is 5.92 Å². The molecular weight excluding hydrogens is 336 g/mol. The van der Waals surface area contributed by atoms with Crippen LogP contribution < -0.4 is 14.8 Å². The van der Waals surface area contributed by atoms with Crippen LogP contribution in [0.25, 0.3) is 0 Å². The highest BCUT2D eigenvalue weighted by molar-refractivity contribution is 5.80. The lowest BCUT2D eigenvalue weighted by atomic mass is 9.97. The molecule has 2 amide bonds. The summed E-state index contributed by atoms with van der Waals surface area (Å²) in [5.74, 6) is 1.16. The normalized spacial score (nSPS) is 19.2. The zero-order chi connectivity index (χ0) is 18.7. The zero-order valence-corrected chi connectivity index (χ0v) is 15.5. The van der Waals surface area contributed by atoms with Crippen molar-refractivity contribution in [3.05, 3.63) is 23.8 Å². The summed E-state index contributed by atoms with van der Waals surface area (Å²) in [4.78, 5) is 26.4. The first-order chi connectivity index (χ1) is 12.3. The van der Waals surface area contributed by atoms with Crippen molar-refractivity contribution in [1.29, 1.82) is 0 Å². The molecule has 1 fully saturated rings. The molecule has 0 aliphatic carbocycles. The number of ether oxygens (including phenoxy) is 3. The van der Waals surface area contributed by atoms with Crippen molar-refractivity contribution in [2.24, 2.45) is 5.92 Å². The molecule has 3 rings (SSSR count). The van der Waals surface area contributed by atoms with Crippen LogP contribution >= 0.6 is 0 Å². The summed E-state index contributed by atoms with van der Waals surface area (Å²) in [5.41, 5.74) is 0.411. The van der Waals surface area contributed by atoms with Crippen LogP contribution in [0.1, 0.15) is 39.2 Å². The third kappa shape index (κ3) is 4.59. The number of amides is 2. The fourth-order valence-corrected chi connectivity index (χ4v) is 3.07. The lowest BCUT2D eigenvalue weighted by molar-refractivity contribution is -0.126. The molecule has 1 aromatic rings. The van der Waals surface area contributed by atoms with Gasteiger partial charge in [-0.2, -0.15) is 0 Å². The summed E-state index contributed by atoms with van der Waals surface area (Å²) < 4.78 is 16.0. The third-order valence-corrected chi connectivity index (χ3v) is 4.35. The molecule has 2 heterocycles. The molecule has 0 saturated carbocycles. The lowest BCUT2D eigenvalue weighted by Crippen LogP contribution is -2.46. The summed E-state index contributed by atoms with van der Waals surface area (Å²) in [7, 11) is 0. The Kier molecular flexibility index (Phi) is 5.25. The van der Waals surface area contributed by atoms with E-state index >= 15 is 0 Å². The number of likely N-dealkylation sites (tertiary alicyclic amines) is 1. The maximum absolute atomic E-state index is 12.5. The predicted octanol–water partition coefficient (Wildman–Crippen LogP) is 2.68. The number of carbonyl (C=O) groups is 2. The van der Waals surface area contributed by atoms with Crippen LogP contribution in [-0.4, -0.2) is 42.4 Å². The van der Waals surface area contributed by atoms with Crippen molar-refractivity contribution in [3.63, 3.8) is 0 Å². The number of fused-ring (bicyclic) bond motifs is 1. The molecular formula is C19H26N2O5. The van der Waals surface area contributed by atoms with Gasteiger partial charge in [0.25, 0.3) is 0 Å². The Labute approximate surface area is 153 Å². The van der Waals surface area contributed by atoms with Crippen LogP contribution in [0.2, 0.25) is 0 Å². The molecule has 1 aromatic carbocycles. The Morgan fingerprint density at radius 1 is 1.27 bits per heavy atom. The monoisotopic (exact) mass is 362 g/mol. The molecule has 26 heavy (non-hydrogen) atoms. The summed E-state index contributed by atoms with van der Waals surface area (Å²) >= 11 is 0. The van der Waals surface area contributed by atoms with Gasteiger partial charge in [0.15, 0.2) is 11.5 Å². The molecule has 1 N–H and O–H groups in total. The number of rotatable bonds is 3. The van der Waals surface area contributed by atoms with Gasteiger partial charge in [-0.3, -0.25) is 4.79 Å². The van der Waals surface area contributed by atoms with Crippen molar-refractivity contribution >= 4 is 12.0 Å². The highest BCUT2D eigenvalue weighted by atomic mass is 16.7. The maximum atomic E-state index is 12.5. The fraction of sp³-hybridized carbons (Fsp3) is 0.579. The Hall–Kier alpha value is -2.44. The Bertz CT molecular complexity index is 683. The number of hydrogen-bond donors (Lipinski definition) is 1. The number of benzene rings is 1. The molecule has 0 bridgehead atoms. The van der Waals surface area contributed by atoms with E-state index in [0.717, 1.165) is 24.2 Å². The van der Waals surface area contributed by atoms with Gasteiger partial charge in [-0.25, -0.2) is 4.79 Å². The molecule has 2 aliphatic heterocycles. The van der Waals surface area contributed by atoms with Crippen LogP contribution in [0.15, 0.2) is 18.2 Å². The summed E-state index contributed by atoms with van der Waals surface area (Å²) in [6.45, 7) is 7.17. The van der Waals surface area contributed by atoms with E-state index in [2.05, 4.69) is 5.32 Å². The first-order valence-electron chi connectivity index (χ1n) is 8.96. The molecule has 0 unspecified atom stereocenters. The number of carbonyl (C=O) groups excluding carboxylic acids is 2. The van der Waals surface area contributed by atoms with Crippen molar-refractivity contribution in [2.45, 2.75) is 45.8 Å². The van der Waals surface area contributed by atoms with Crippen molar-refractivity contribution in [3.8, 4) is 11.5 Å². The number of nitrogens with zero attached hydrogens (tertiary/aromatic N) is 1. The standard InChI is InChI=1S/C19H26N2O5/c1-19(2,3)26-18(23)21-8-4-5-14(11-21)17(22)20-10-13-6-7-15-16(9-13)25-12-24-15/h6-7,9,14H,4-5,8,10-12H2,1-3H3,(H,20,22)/t14-/m1/s1. The second-order valence-electron chi connectivity index (χ2n) is 7.67. The molecule has 1 saturated heterocycles. The first-order valence-corrected chi connectivity index (χ1v) is 8.96. The number of nitrogens with one attached hydrogen (secondary N) is 1. The second-order valence-corrected chi connectivity index (χ2v) is 7.67. The fourth-order valence-electron chi connectivity index (χ4n) is 3.07. The van der Waals surface area contributed by atoms with Gasteiger partial charge < -0.3 is 24.4 Å². The molecule has 0 aromatic heterocycles. The van der Waals surface area contributed by atoms with Gasteiger partial charge >= 0.3 is 6.09 Å². The maximum Gasteiger partial charge on any atom is 0.410 e. The van der Waals surface area contributed by atoms with E-state index in [-0.39, 0.29) is 24.7 Å². The molecule has 2 aliphatic rings. The van der Waals surface area contributed by atoms with Crippen LogP contribution in [0.4, 0.5) is 4.79 Å². The van der Waals surface area contributed by atoms with E-state index in [4.69, 9.17) is 14.2 Å². The molecule has 7 nitrogen and oxygen atoms in total. The van der Waals surface area contributed by atoms with Crippen molar-refractivity contribution in [2.75, 3.05) is 19.9 Å². The molecule has 142 valence electrons. The van der Waals surface area contributed by atoms with Crippen LogP contribution in [0.3, 0.4) is 0 Å². The topological polar surface area (TPSA) is 77.1 Å². The zero-order valence-electron chi connectivity index (χ0n) is 15.5. The number of piperidine rings is 1. The Balaban J connectivity index is 1.52. The Morgan fingerprint density at radius 3 is 2.81 bits per heavy atom. The van der Waals surface area contributed by atoms with Gasteiger partial charge in [0.1, 0.15) is 5.60 Å². The van der Waals surface area contributed by atoms with E-state index in [1.165, 1.54) is 0 Å². The van der Waals surface area contributed by atoms with Crippen LogP contribution in [0, 0.1) is 5.92 Å². The van der Waals surface area contributed by atoms with Gasteiger partial charge in [-0.05, 0) is 51.3 Å². The summed E-state index contributed by atoms with van der Waals surface area (Å²) in [6, 6.07) is 5.62. The third-order valence-electron chi connectivity index (χ3n) is 4.35. The average molecular weight is 362 g/mol. The molecule has 0 spiro atoms. The highest BCUT2D eigenvalue weighted by Gasteiger charge is 2.30. The predicted molar refractivity (Wildman–Crippen MR) is 94.9 cm³/mol. The first kappa shape index (κ1) is 18.4. The summed E-state index contributed by atoms with van der Waals surface area (Å²) in [6.07, 6.45) is 1.21. The Morgan fingerprint density at radius 2 is 2.04 bits per heavy atom. The van der Waals surface area contributed by atoms with Gasteiger partial charge in [0, 0.05) is 19.6 Å². The molecule has 1 atom stereocenters. The summed E-state index contributed by atoms with van der Waals surface area (Å²) in [5, 5.41) is 2.95. The van der Waals surface area contributed by atoms with E-state index in [1.54, 1.807) is 4.90 Å². The van der Waals surface area contributed by atoms with Crippen molar-refractivity contribution < 1.29 is 23.8 Å². The SMILES string of the molecule is CC(C)(C)OC(=O)N1CCC[C@@H](C(=O)NCc2ccc3c(c2)OCO3)C1. The lowest BCUT2D eigenvalue weighted by Gasteiger charge is -2.33. The quantitative estimate of drug-likeness (QED) is 0.895. The minimum atomic E-state index is -0.536. The van der Waals surface area contributed by atoms with E-state index in [0.29, 0.717) is 25.4 Å². The van der Waals surface area contributed by atoms with Gasteiger partial charge in [0.2, 0.25) is 12.7 Å². The largest absolute Gasteiger partial charge is 0.454 e. The minimum absolute atomic E-state index is 0.0454. The van der Waals surface area contributed by atoms with Gasteiger partial charge in [-0.1, -0.05) is 6.07 Å². The van der Waals surface area contributed by atoms with E-state index in [9.17, 15) is 9.59 Å². The second kappa shape index (κ2) is 7.43. The molecule has 7 heteroatoms. The highest BCUT2D eigenvalue weighted by Crippen LogP contribution is 2.32. The minimum Gasteiger partial charge on any atom is -0.454 e. The van der Waals surface area contributed by atoms with Crippen LogP contribution in [0.5, 0.6) is 11.5 Å². The number of hydrogen-bond acceptors (Lipinski definition) is 5. The van der Waals surface area contributed by atoms with E-state index in [1.807, 2.05) is 39.0 Å².